The number of amides is 1. The van der Waals surface area contributed by atoms with E-state index >= 15 is 0 Å². The second-order valence-electron chi connectivity index (χ2n) is 7.49. The lowest BCUT2D eigenvalue weighted by atomic mass is 9.86. The summed E-state index contributed by atoms with van der Waals surface area (Å²) >= 11 is 1.56. The van der Waals surface area contributed by atoms with Crippen LogP contribution in [-0.2, 0) is 11.3 Å². The molecule has 1 aliphatic heterocycles. The molecule has 4 rings (SSSR count). The van der Waals surface area contributed by atoms with E-state index in [-0.39, 0.29) is 5.91 Å². The normalized spacial score (nSPS) is 19.9. The van der Waals surface area contributed by atoms with Gasteiger partial charge in [0.05, 0.1) is 0 Å². The number of likely N-dealkylation sites (tertiary alicyclic amines) is 1. The van der Waals surface area contributed by atoms with Crippen LogP contribution in [0.4, 0.5) is 5.13 Å². The number of piperidine rings is 1. The molecule has 138 valence electrons. The molecule has 0 unspecified atom stereocenters. The van der Waals surface area contributed by atoms with Crippen LogP contribution < -0.4 is 10.6 Å². The molecule has 2 N–H and O–H groups in total. The van der Waals surface area contributed by atoms with Crippen molar-refractivity contribution in [2.75, 3.05) is 18.4 Å². The molecule has 1 saturated carbocycles. The topological polar surface area (TPSA) is 57.3 Å². The number of rotatable bonds is 6. The predicted molar refractivity (Wildman–Crippen MR) is 105 cm³/mol. The number of anilines is 1. The number of aromatic nitrogens is 1. The van der Waals surface area contributed by atoms with E-state index < -0.39 is 5.54 Å². The van der Waals surface area contributed by atoms with E-state index in [0.717, 1.165) is 50.4 Å². The fourth-order valence-corrected chi connectivity index (χ4v) is 4.20. The number of hydrogen-bond acceptors (Lipinski definition) is 5. The second-order valence-corrected chi connectivity index (χ2v) is 8.39. The summed E-state index contributed by atoms with van der Waals surface area (Å²) in [6.07, 6.45) is 5.61. The van der Waals surface area contributed by atoms with E-state index in [9.17, 15) is 4.79 Å². The van der Waals surface area contributed by atoms with E-state index in [4.69, 9.17) is 0 Å². The van der Waals surface area contributed by atoms with E-state index in [2.05, 4.69) is 51.7 Å². The van der Waals surface area contributed by atoms with Crippen LogP contribution in [0.15, 0.2) is 35.8 Å². The zero-order valence-corrected chi connectivity index (χ0v) is 16.0. The number of carbonyl (C=O) groups excluding carboxylic acids is 1. The van der Waals surface area contributed by atoms with Crippen molar-refractivity contribution in [3.05, 3.63) is 47.0 Å². The third-order valence-electron chi connectivity index (χ3n) is 5.49. The van der Waals surface area contributed by atoms with E-state index in [1.54, 1.807) is 17.5 Å². The van der Waals surface area contributed by atoms with Crippen molar-refractivity contribution in [3.63, 3.8) is 0 Å². The molecule has 6 heteroatoms. The average Bonchev–Trinajstić information content (AvgIpc) is 3.31. The lowest BCUT2D eigenvalue weighted by molar-refractivity contribution is -0.127. The van der Waals surface area contributed by atoms with E-state index in [0.29, 0.717) is 6.04 Å². The number of nitrogens with one attached hydrogen (secondary N) is 2. The lowest BCUT2D eigenvalue weighted by Gasteiger charge is -2.41. The van der Waals surface area contributed by atoms with Crippen LogP contribution in [0.2, 0.25) is 0 Å². The van der Waals surface area contributed by atoms with Crippen molar-refractivity contribution in [1.29, 1.82) is 0 Å². The van der Waals surface area contributed by atoms with Gasteiger partial charge < -0.3 is 10.6 Å². The number of hydrogen-bond donors (Lipinski definition) is 2. The Bertz CT molecular complexity index is 749. The lowest BCUT2D eigenvalue weighted by Crippen LogP contribution is -2.58. The van der Waals surface area contributed by atoms with Crippen molar-refractivity contribution in [2.24, 2.45) is 0 Å². The number of benzene rings is 1. The Morgan fingerprint density at radius 2 is 2.08 bits per heavy atom. The molecule has 0 bridgehead atoms. The van der Waals surface area contributed by atoms with Gasteiger partial charge in [0, 0.05) is 37.3 Å². The van der Waals surface area contributed by atoms with E-state index in [1.807, 2.05) is 5.38 Å². The zero-order chi connectivity index (χ0) is 18.0. The van der Waals surface area contributed by atoms with Gasteiger partial charge in [0.2, 0.25) is 5.91 Å². The first-order valence-corrected chi connectivity index (χ1v) is 10.3. The molecule has 0 atom stereocenters. The molecule has 1 aromatic heterocycles. The summed E-state index contributed by atoms with van der Waals surface area (Å²) in [6, 6.07) is 8.92. The van der Waals surface area contributed by atoms with Gasteiger partial charge in [-0.25, -0.2) is 4.98 Å². The molecular formula is C20H26N4OS. The van der Waals surface area contributed by atoms with Crippen LogP contribution in [-0.4, -0.2) is 40.5 Å². The maximum absolute atomic E-state index is 13.0. The molecule has 1 amide bonds. The fraction of sp³-hybridized carbons (Fsp3) is 0.500. The predicted octanol–water partition coefficient (Wildman–Crippen LogP) is 3.18. The zero-order valence-electron chi connectivity index (χ0n) is 15.2. The maximum Gasteiger partial charge on any atom is 0.246 e. The minimum atomic E-state index is -0.539. The van der Waals surface area contributed by atoms with Crippen molar-refractivity contribution in [2.45, 2.75) is 50.7 Å². The molecule has 2 aromatic rings. The number of nitrogens with zero attached hydrogens (tertiary/aromatic N) is 2. The highest BCUT2D eigenvalue weighted by Crippen LogP contribution is 2.31. The van der Waals surface area contributed by atoms with Gasteiger partial charge in [-0.3, -0.25) is 9.69 Å². The van der Waals surface area contributed by atoms with Gasteiger partial charge >= 0.3 is 0 Å². The summed E-state index contributed by atoms with van der Waals surface area (Å²) in [4.78, 5) is 19.8. The van der Waals surface area contributed by atoms with Gasteiger partial charge in [-0.15, -0.1) is 11.3 Å². The molecule has 1 saturated heterocycles. The van der Waals surface area contributed by atoms with Gasteiger partial charge in [-0.2, -0.15) is 0 Å². The van der Waals surface area contributed by atoms with Crippen molar-refractivity contribution in [1.82, 2.24) is 15.2 Å². The molecule has 1 aliphatic carbocycles. The van der Waals surface area contributed by atoms with Gasteiger partial charge in [0.15, 0.2) is 5.13 Å². The summed E-state index contributed by atoms with van der Waals surface area (Å²) in [7, 11) is 0. The fourth-order valence-electron chi connectivity index (χ4n) is 3.57. The molecule has 0 radical (unpaired) electrons. The summed E-state index contributed by atoms with van der Waals surface area (Å²) in [5, 5.41) is 9.46. The van der Waals surface area contributed by atoms with Gasteiger partial charge in [0.25, 0.3) is 0 Å². The number of carbonyl (C=O) groups is 1. The molecule has 5 nitrogen and oxygen atoms in total. The van der Waals surface area contributed by atoms with Crippen molar-refractivity contribution in [3.8, 4) is 0 Å². The first-order chi connectivity index (χ1) is 12.6. The quantitative estimate of drug-likeness (QED) is 0.820. The molecular weight excluding hydrogens is 344 g/mol. The largest absolute Gasteiger partial charge is 0.351 e. The Morgan fingerprint density at radius 3 is 2.73 bits per heavy atom. The third-order valence-corrected chi connectivity index (χ3v) is 6.18. The first-order valence-electron chi connectivity index (χ1n) is 9.40. The smallest absolute Gasteiger partial charge is 0.246 e. The van der Waals surface area contributed by atoms with E-state index in [1.165, 1.54) is 11.1 Å². The third kappa shape index (κ3) is 3.91. The molecule has 26 heavy (non-hydrogen) atoms. The molecule has 2 fully saturated rings. The minimum Gasteiger partial charge on any atom is -0.351 e. The second kappa shape index (κ2) is 7.37. The Morgan fingerprint density at radius 1 is 1.31 bits per heavy atom. The Hall–Kier alpha value is -1.92. The van der Waals surface area contributed by atoms with Crippen LogP contribution in [0, 0.1) is 6.92 Å². The van der Waals surface area contributed by atoms with Crippen LogP contribution in [0.5, 0.6) is 0 Å². The highest BCUT2D eigenvalue weighted by atomic mass is 32.1. The molecule has 0 spiro atoms. The monoisotopic (exact) mass is 370 g/mol. The molecule has 2 aliphatic rings. The van der Waals surface area contributed by atoms with Crippen LogP contribution >= 0.6 is 11.3 Å². The standard InChI is InChI=1S/C20H26N4OS/c1-15-4-2-3-5-16(15)14-24-11-8-20(9-12-24,18(25)22-17-6-7-17)23-19-21-10-13-26-19/h2-5,10,13,17H,6-9,11-12,14H2,1H3,(H,21,23)(H,22,25). The van der Waals surface area contributed by atoms with Gasteiger partial charge in [0.1, 0.15) is 5.54 Å². The van der Waals surface area contributed by atoms with Gasteiger partial charge in [-0.05, 0) is 43.7 Å². The van der Waals surface area contributed by atoms with Crippen LogP contribution in [0.25, 0.3) is 0 Å². The number of thiazole rings is 1. The minimum absolute atomic E-state index is 0.144. The Balaban J connectivity index is 1.44. The van der Waals surface area contributed by atoms with Gasteiger partial charge in [-0.1, -0.05) is 24.3 Å². The Kier molecular flexibility index (Phi) is 4.96. The first kappa shape index (κ1) is 17.5. The highest BCUT2D eigenvalue weighted by molar-refractivity contribution is 7.13. The summed E-state index contributed by atoms with van der Waals surface area (Å²) in [6.45, 7) is 4.93. The van der Waals surface area contributed by atoms with Crippen molar-refractivity contribution >= 4 is 22.4 Å². The number of aryl methyl sites for hydroxylation is 1. The Labute approximate surface area is 158 Å². The van der Waals surface area contributed by atoms with Crippen LogP contribution in [0.1, 0.15) is 36.8 Å². The summed E-state index contributed by atoms with van der Waals surface area (Å²) in [5.74, 6) is 0.144. The highest BCUT2D eigenvalue weighted by Gasteiger charge is 2.43. The molecule has 1 aromatic carbocycles. The summed E-state index contributed by atoms with van der Waals surface area (Å²) in [5.41, 5.74) is 2.16. The maximum atomic E-state index is 13.0. The SMILES string of the molecule is Cc1ccccc1CN1CCC(Nc2nccs2)(C(=O)NC2CC2)CC1. The molecule has 2 heterocycles. The van der Waals surface area contributed by atoms with Crippen molar-refractivity contribution < 1.29 is 4.79 Å². The summed E-state index contributed by atoms with van der Waals surface area (Å²) < 4.78 is 0. The average molecular weight is 371 g/mol. The van der Waals surface area contributed by atoms with Crippen LogP contribution in [0.3, 0.4) is 0 Å².